The fourth-order valence-electron chi connectivity index (χ4n) is 1.55. The molecule has 0 heterocycles. The topological polar surface area (TPSA) is 12.0 Å². The quantitative estimate of drug-likeness (QED) is 0.889. The molecule has 1 rings (SSSR count). The van der Waals surface area contributed by atoms with Crippen LogP contribution in [0.1, 0.15) is 19.4 Å². The number of nitrogens with one attached hydrogen (secondary N) is 1. The molecule has 14 heavy (non-hydrogen) atoms. The molecule has 3 heteroatoms. The van der Waals surface area contributed by atoms with Gasteiger partial charge in [0.05, 0.1) is 0 Å². The van der Waals surface area contributed by atoms with E-state index in [9.17, 15) is 0 Å². The van der Waals surface area contributed by atoms with Crippen molar-refractivity contribution in [3.63, 3.8) is 0 Å². The normalized spacial score (nSPS) is 11.8. The zero-order chi connectivity index (χ0) is 10.8. The number of likely N-dealkylation sites (N-methyl/N-ethyl adjacent to an activating group) is 1. The Morgan fingerprint density at radius 3 is 2.64 bits per heavy atom. The average molecular weight is 277 g/mol. The van der Waals surface area contributed by atoms with Crippen molar-refractivity contribution in [1.82, 2.24) is 5.32 Å². The lowest BCUT2D eigenvalue weighted by Crippen LogP contribution is -2.31. The van der Waals surface area contributed by atoms with Crippen LogP contribution in [-0.2, 0) is 5.41 Å². The molecule has 78 valence electrons. The maximum absolute atomic E-state index is 5.98. The van der Waals surface area contributed by atoms with Gasteiger partial charge in [-0.3, -0.25) is 0 Å². The predicted octanol–water partition coefficient (Wildman–Crippen LogP) is 3.60. The fourth-order valence-corrected chi connectivity index (χ4v) is 2.51. The molecule has 0 aromatic heterocycles. The van der Waals surface area contributed by atoms with Gasteiger partial charge in [0, 0.05) is 21.5 Å². The Morgan fingerprint density at radius 2 is 2.07 bits per heavy atom. The number of rotatable bonds is 3. The van der Waals surface area contributed by atoms with Gasteiger partial charge in [-0.2, -0.15) is 0 Å². The van der Waals surface area contributed by atoms with Gasteiger partial charge in [-0.25, -0.2) is 0 Å². The van der Waals surface area contributed by atoms with Crippen LogP contribution in [0.15, 0.2) is 22.7 Å². The molecule has 0 spiro atoms. The summed E-state index contributed by atoms with van der Waals surface area (Å²) in [7, 11) is 1.96. The molecule has 0 atom stereocenters. The number of hydrogen-bond acceptors (Lipinski definition) is 1. The molecule has 0 saturated carbocycles. The first-order chi connectivity index (χ1) is 6.47. The number of halogens is 2. The van der Waals surface area contributed by atoms with Gasteiger partial charge in [-0.15, -0.1) is 0 Å². The second-order valence-electron chi connectivity index (χ2n) is 4.04. The zero-order valence-electron chi connectivity index (χ0n) is 8.70. The highest BCUT2D eigenvalue weighted by molar-refractivity contribution is 9.10. The first-order valence-corrected chi connectivity index (χ1v) is 5.74. The molecule has 1 aromatic carbocycles. The Morgan fingerprint density at radius 1 is 1.43 bits per heavy atom. The Kier molecular flexibility index (Phi) is 3.99. The largest absolute Gasteiger partial charge is 0.319 e. The van der Waals surface area contributed by atoms with E-state index < -0.39 is 0 Å². The monoisotopic (exact) mass is 275 g/mol. The van der Waals surface area contributed by atoms with Crippen LogP contribution >= 0.6 is 27.5 Å². The van der Waals surface area contributed by atoms with Crippen molar-refractivity contribution in [2.45, 2.75) is 19.3 Å². The molecule has 0 aliphatic carbocycles. The SMILES string of the molecule is CNCC(C)(C)c1cc(Cl)ccc1Br. The molecule has 0 fully saturated rings. The van der Waals surface area contributed by atoms with E-state index in [4.69, 9.17) is 11.6 Å². The van der Waals surface area contributed by atoms with Gasteiger partial charge in [0.25, 0.3) is 0 Å². The van der Waals surface area contributed by atoms with E-state index in [1.165, 1.54) is 5.56 Å². The highest BCUT2D eigenvalue weighted by Crippen LogP contribution is 2.31. The van der Waals surface area contributed by atoms with Crippen molar-refractivity contribution in [3.8, 4) is 0 Å². The van der Waals surface area contributed by atoms with Gasteiger partial charge >= 0.3 is 0 Å². The van der Waals surface area contributed by atoms with Crippen molar-refractivity contribution in [1.29, 1.82) is 0 Å². The summed E-state index contributed by atoms with van der Waals surface area (Å²) in [4.78, 5) is 0. The first kappa shape index (κ1) is 12.0. The van der Waals surface area contributed by atoms with Crippen molar-refractivity contribution in [2.24, 2.45) is 0 Å². The molecular weight excluding hydrogens is 261 g/mol. The van der Waals surface area contributed by atoms with Crippen LogP contribution in [0.4, 0.5) is 0 Å². The molecule has 0 bridgehead atoms. The van der Waals surface area contributed by atoms with E-state index in [1.54, 1.807) is 0 Å². The lowest BCUT2D eigenvalue weighted by atomic mass is 9.85. The third-order valence-electron chi connectivity index (χ3n) is 2.28. The first-order valence-electron chi connectivity index (χ1n) is 4.57. The molecule has 0 aliphatic rings. The van der Waals surface area contributed by atoms with Crippen LogP contribution < -0.4 is 5.32 Å². The minimum atomic E-state index is 0.0818. The summed E-state index contributed by atoms with van der Waals surface area (Å²) in [5, 5.41) is 3.97. The molecule has 0 amide bonds. The lowest BCUT2D eigenvalue weighted by Gasteiger charge is -2.26. The zero-order valence-corrected chi connectivity index (χ0v) is 11.0. The minimum absolute atomic E-state index is 0.0818. The maximum atomic E-state index is 5.98. The van der Waals surface area contributed by atoms with Gasteiger partial charge in [-0.1, -0.05) is 41.4 Å². The van der Waals surface area contributed by atoms with Crippen molar-refractivity contribution in [2.75, 3.05) is 13.6 Å². The van der Waals surface area contributed by atoms with Crippen molar-refractivity contribution >= 4 is 27.5 Å². The van der Waals surface area contributed by atoms with Crippen LogP contribution in [0.3, 0.4) is 0 Å². The molecule has 0 saturated heterocycles. The van der Waals surface area contributed by atoms with Crippen molar-refractivity contribution < 1.29 is 0 Å². The number of hydrogen-bond donors (Lipinski definition) is 1. The average Bonchev–Trinajstić information content (AvgIpc) is 2.09. The van der Waals surface area contributed by atoms with E-state index >= 15 is 0 Å². The van der Waals surface area contributed by atoms with Crippen LogP contribution in [0.5, 0.6) is 0 Å². The minimum Gasteiger partial charge on any atom is -0.319 e. The fraction of sp³-hybridized carbons (Fsp3) is 0.455. The number of benzene rings is 1. The smallest absolute Gasteiger partial charge is 0.0409 e. The maximum Gasteiger partial charge on any atom is 0.0409 e. The molecule has 1 nitrogen and oxygen atoms in total. The summed E-state index contributed by atoms with van der Waals surface area (Å²) in [6.07, 6.45) is 0. The third kappa shape index (κ3) is 2.72. The third-order valence-corrected chi connectivity index (χ3v) is 3.20. The second kappa shape index (κ2) is 4.65. The lowest BCUT2D eigenvalue weighted by molar-refractivity contribution is 0.492. The Labute approximate surface area is 99.0 Å². The summed E-state index contributed by atoms with van der Waals surface area (Å²) < 4.78 is 1.11. The second-order valence-corrected chi connectivity index (χ2v) is 5.33. The molecule has 0 radical (unpaired) electrons. The summed E-state index contributed by atoms with van der Waals surface area (Å²) >= 11 is 9.53. The van der Waals surface area contributed by atoms with Gasteiger partial charge < -0.3 is 5.32 Å². The molecule has 0 unspecified atom stereocenters. The van der Waals surface area contributed by atoms with E-state index in [-0.39, 0.29) is 5.41 Å². The van der Waals surface area contributed by atoms with Gasteiger partial charge in [-0.05, 0) is 30.8 Å². The molecular formula is C11H15BrClN. The Bertz CT molecular complexity index is 323. The van der Waals surface area contributed by atoms with E-state index in [0.717, 1.165) is 16.0 Å². The van der Waals surface area contributed by atoms with Crippen LogP contribution in [-0.4, -0.2) is 13.6 Å². The Balaban J connectivity index is 3.10. The predicted molar refractivity (Wildman–Crippen MR) is 66.1 cm³/mol. The highest BCUT2D eigenvalue weighted by Gasteiger charge is 2.22. The summed E-state index contributed by atoms with van der Waals surface area (Å²) in [6, 6.07) is 5.91. The summed E-state index contributed by atoms with van der Waals surface area (Å²) in [5.41, 5.74) is 1.32. The van der Waals surface area contributed by atoms with Crippen molar-refractivity contribution in [3.05, 3.63) is 33.3 Å². The van der Waals surface area contributed by atoms with Gasteiger partial charge in [0.2, 0.25) is 0 Å². The Hall–Kier alpha value is -0.0500. The van der Waals surface area contributed by atoms with E-state index in [0.29, 0.717) is 0 Å². The van der Waals surface area contributed by atoms with Gasteiger partial charge in [0.15, 0.2) is 0 Å². The van der Waals surface area contributed by atoms with Crippen LogP contribution in [0, 0.1) is 0 Å². The highest BCUT2D eigenvalue weighted by atomic mass is 79.9. The van der Waals surface area contributed by atoms with Crippen LogP contribution in [0.2, 0.25) is 5.02 Å². The summed E-state index contributed by atoms with van der Waals surface area (Å²) in [6.45, 7) is 5.31. The van der Waals surface area contributed by atoms with Crippen LogP contribution in [0.25, 0.3) is 0 Å². The van der Waals surface area contributed by atoms with E-state index in [2.05, 4.69) is 35.1 Å². The molecule has 1 N–H and O–H groups in total. The summed E-state index contributed by atoms with van der Waals surface area (Å²) in [5.74, 6) is 0. The standard InChI is InChI=1S/C11H15BrClN/c1-11(2,7-14-3)9-6-8(13)4-5-10(9)12/h4-6,14H,7H2,1-3H3. The molecule has 1 aromatic rings. The van der Waals surface area contributed by atoms with E-state index in [1.807, 2.05) is 25.2 Å². The molecule has 0 aliphatic heterocycles. The van der Waals surface area contributed by atoms with Gasteiger partial charge in [0.1, 0.15) is 0 Å².